The van der Waals surface area contributed by atoms with E-state index in [-0.39, 0.29) is 41.5 Å². The summed E-state index contributed by atoms with van der Waals surface area (Å²) in [6.45, 7) is 1.55. The van der Waals surface area contributed by atoms with E-state index in [9.17, 15) is 42.6 Å². The summed E-state index contributed by atoms with van der Waals surface area (Å²) in [5, 5.41) is 24.1. The van der Waals surface area contributed by atoms with Crippen LogP contribution in [0.25, 0.3) is 10.8 Å². The van der Waals surface area contributed by atoms with Crippen molar-refractivity contribution >= 4 is 34.2 Å². The number of phenols is 1. The Balaban J connectivity index is 1.51. The molecule has 1 amide bonds. The minimum absolute atomic E-state index is 0.0569. The first-order chi connectivity index (χ1) is 19.3. The van der Waals surface area contributed by atoms with E-state index in [1.54, 1.807) is 36.5 Å². The van der Waals surface area contributed by atoms with Crippen molar-refractivity contribution in [3.63, 3.8) is 0 Å². The van der Waals surface area contributed by atoms with Crippen LogP contribution in [0.4, 0.5) is 13.2 Å². The standard InChI is InChI=1S/C28H26F3NO9/c1-11-7-13(9-17(21(11)33)32-27(38)28(29,30)31)40-26-20-16(10-18(41-26)25(37)39-2)22(34)15-8-12-5-3-4-6-14(12)23(35)19(15)24(20)36/h3-6,8,11,13,17-18,21,26,33,35H,7,9-10H2,1-2H3,(H,32,38)/t11-,13?,17-,18+,21?,26+/m0/s1. The summed E-state index contributed by atoms with van der Waals surface area (Å²) in [5.74, 6) is -5.52. The maximum absolute atomic E-state index is 13.8. The number of ether oxygens (including phenoxy) is 3. The van der Waals surface area contributed by atoms with E-state index in [0.717, 1.165) is 7.11 Å². The number of esters is 1. The Bertz CT molecular complexity index is 1480. The van der Waals surface area contributed by atoms with Crippen LogP contribution in [0.2, 0.25) is 0 Å². The second-order valence-electron chi connectivity index (χ2n) is 10.4. The lowest BCUT2D eigenvalue weighted by molar-refractivity contribution is -0.205. The molecule has 0 aromatic heterocycles. The van der Waals surface area contributed by atoms with E-state index in [0.29, 0.717) is 10.8 Å². The van der Waals surface area contributed by atoms with Gasteiger partial charge in [-0.2, -0.15) is 13.2 Å². The van der Waals surface area contributed by atoms with Crippen molar-refractivity contribution in [3.05, 3.63) is 52.6 Å². The minimum atomic E-state index is -5.18. The molecule has 10 nitrogen and oxygen atoms in total. The molecular weight excluding hydrogens is 551 g/mol. The average Bonchev–Trinajstić information content (AvgIpc) is 2.92. The van der Waals surface area contributed by atoms with Crippen molar-refractivity contribution in [2.45, 2.75) is 63.0 Å². The summed E-state index contributed by atoms with van der Waals surface area (Å²) in [5.41, 5.74) is -0.639. The molecule has 3 aliphatic rings. The number of fused-ring (bicyclic) bond motifs is 2. The smallest absolute Gasteiger partial charge is 0.471 e. The summed E-state index contributed by atoms with van der Waals surface area (Å²) in [7, 11) is 1.11. The molecule has 2 unspecified atom stereocenters. The average molecular weight is 578 g/mol. The maximum Gasteiger partial charge on any atom is 0.471 e. The lowest BCUT2D eigenvalue weighted by atomic mass is 9.78. The fourth-order valence-electron chi connectivity index (χ4n) is 5.72. The number of amides is 1. The highest BCUT2D eigenvalue weighted by atomic mass is 19.4. The minimum Gasteiger partial charge on any atom is -0.507 e. The number of carbonyl (C=O) groups excluding carboxylic acids is 4. The van der Waals surface area contributed by atoms with Crippen LogP contribution in [0.3, 0.4) is 0 Å². The van der Waals surface area contributed by atoms with Crippen LogP contribution >= 0.6 is 0 Å². The van der Waals surface area contributed by atoms with Crippen LogP contribution in [-0.2, 0) is 23.8 Å². The Hall–Kier alpha value is -3.81. The highest BCUT2D eigenvalue weighted by molar-refractivity contribution is 6.30. The highest BCUT2D eigenvalue weighted by Gasteiger charge is 2.48. The molecule has 5 rings (SSSR count). The van der Waals surface area contributed by atoms with Gasteiger partial charge < -0.3 is 29.7 Å². The number of alkyl halides is 3. The Morgan fingerprint density at radius 3 is 2.51 bits per heavy atom. The monoisotopic (exact) mass is 577 g/mol. The van der Waals surface area contributed by atoms with E-state index in [4.69, 9.17) is 14.2 Å². The molecule has 2 aliphatic carbocycles. The first-order valence-corrected chi connectivity index (χ1v) is 12.8. The molecular formula is C28H26F3NO9. The van der Waals surface area contributed by atoms with Gasteiger partial charge in [0, 0.05) is 22.9 Å². The first kappa shape index (κ1) is 28.7. The van der Waals surface area contributed by atoms with Crippen molar-refractivity contribution in [1.29, 1.82) is 0 Å². The molecule has 1 heterocycles. The van der Waals surface area contributed by atoms with Crippen LogP contribution in [0.15, 0.2) is 41.5 Å². The summed E-state index contributed by atoms with van der Waals surface area (Å²) in [6, 6.07) is 6.73. The second kappa shape index (κ2) is 10.5. The number of rotatable bonds is 4. The zero-order valence-electron chi connectivity index (χ0n) is 21.9. The SMILES string of the molecule is COC(=O)[C@H]1CC2=C(C(=O)c3c(cc4ccccc4c3O)C2=O)[C@H](OC2C[C@H](NC(=O)C(F)(F)F)C(O)[C@@H](C)C2)O1. The van der Waals surface area contributed by atoms with Crippen molar-refractivity contribution in [1.82, 2.24) is 5.32 Å². The van der Waals surface area contributed by atoms with Gasteiger partial charge in [-0.05, 0) is 30.2 Å². The number of phenolic OH excluding ortho intramolecular Hbond substituents is 1. The van der Waals surface area contributed by atoms with Gasteiger partial charge in [-0.3, -0.25) is 14.4 Å². The van der Waals surface area contributed by atoms with Crippen LogP contribution in [0.5, 0.6) is 5.75 Å². The first-order valence-electron chi connectivity index (χ1n) is 12.8. The Morgan fingerprint density at radius 1 is 1.12 bits per heavy atom. The maximum atomic E-state index is 13.8. The van der Waals surface area contributed by atoms with Gasteiger partial charge in [-0.15, -0.1) is 0 Å². The van der Waals surface area contributed by atoms with Crippen molar-refractivity contribution in [2.24, 2.45) is 5.92 Å². The predicted molar refractivity (Wildman–Crippen MR) is 134 cm³/mol. The third-order valence-corrected chi connectivity index (χ3v) is 7.75. The summed E-state index contributed by atoms with van der Waals surface area (Å²) in [4.78, 5) is 51.5. The number of aromatic hydroxyl groups is 1. The van der Waals surface area contributed by atoms with Crippen molar-refractivity contribution in [3.8, 4) is 5.75 Å². The number of aliphatic hydroxyl groups excluding tert-OH is 1. The predicted octanol–water partition coefficient (Wildman–Crippen LogP) is 2.73. The quantitative estimate of drug-likeness (QED) is 0.467. The molecule has 41 heavy (non-hydrogen) atoms. The molecule has 0 bridgehead atoms. The number of carbonyl (C=O) groups is 4. The van der Waals surface area contributed by atoms with Gasteiger partial charge in [0.2, 0.25) is 0 Å². The number of aliphatic hydroxyl groups is 1. The van der Waals surface area contributed by atoms with Gasteiger partial charge in [0.1, 0.15) is 5.75 Å². The van der Waals surface area contributed by atoms with E-state index >= 15 is 0 Å². The lowest BCUT2D eigenvalue weighted by Crippen LogP contribution is -2.55. The number of hydrogen-bond acceptors (Lipinski definition) is 9. The molecule has 6 atom stereocenters. The molecule has 3 N–H and O–H groups in total. The molecule has 0 spiro atoms. The van der Waals surface area contributed by atoms with Gasteiger partial charge >= 0.3 is 18.1 Å². The zero-order valence-corrected chi connectivity index (χ0v) is 21.9. The molecule has 0 radical (unpaired) electrons. The fourth-order valence-corrected chi connectivity index (χ4v) is 5.72. The summed E-state index contributed by atoms with van der Waals surface area (Å²) in [6.07, 6.45) is -10.9. The van der Waals surface area contributed by atoms with Gasteiger partial charge in [-0.25, -0.2) is 4.79 Å². The van der Waals surface area contributed by atoms with Gasteiger partial charge in [-0.1, -0.05) is 31.2 Å². The van der Waals surface area contributed by atoms with Crippen molar-refractivity contribution in [2.75, 3.05) is 7.11 Å². The number of methoxy groups -OCH3 is 1. The normalized spacial score (nSPS) is 28.2. The zero-order chi connectivity index (χ0) is 29.8. The van der Waals surface area contributed by atoms with Gasteiger partial charge in [0.25, 0.3) is 0 Å². The van der Waals surface area contributed by atoms with Gasteiger partial charge in [0.05, 0.1) is 36.5 Å². The van der Waals surface area contributed by atoms with Crippen molar-refractivity contribution < 1.29 is 56.8 Å². The molecule has 2 aromatic carbocycles. The van der Waals surface area contributed by atoms with E-state index in [1.165, 1.54) is 6.07 Å². The summed E-state index contributed by atoms with van der Waals surface area (Å²) >= 11 is 0. The number of nitrogens with one attached hydrogen (secondary N) is 1. The number of Topliss-reactive ketones (excluding diaryl/α,β-unsaturated/α-hetero) is 2. The van der Waals surface area contributed by atoms with E-state index in [1.807, 2.05) is 0 Å². The molecule has 2 aromatic rings. The molecule has 1 saturated carbocycles. The highest BCUT2D eigenvalue weighted by Crippen LogP contribution is 2.43. The summed E-state index contributed by atoms with van der Waals surface area (Å²) < 4.78 is 55.2. The number of ketones is 2. The largest absolute Gasteiger partial charge is 0.507 e. The van der Waals surface area contributed by atoms with E-state index < -0.39 is 71.9 Å². The van der Waals surface area contributed by atoms with Crippen LogP contribution in [0.1, 0.15) is 46.9 Å². The Labute approximate surface area is 231 Å². The van der Waals surface area contributed by atoms with Gasteiger partial charge in [0.15, 0.2) is 24.0 Å². The Kier molecular flexibility index (Phi) is 7.38. The molecule has 0 saturated heterocycles. The molecule has 218 valence electrons. The van der Waals surface area contributed by atoms with E-state index in [2.05, 4.69) is 0 Å². The number of benzene rings is 2. The topological polar surface area (TPSA) is 148 Å². The lowest BCUT2D eigenvalue weighted by Gasteiger charge is -2.41. The number of hydrogen-bond donors (Lipinski definition) is 3. The second-order valence-corrected chi connectivity index (χ2v) is 10.4. The van der Waals surface area contributed by atoms with Crippen LogP contribution in [0, 0.1) is 5.92 Å². The number of halogens is 3. The molecule has 1 fully saturated rings. The fraction of sp³-hybridized carbons (Fsp3) is 0.429. The Morgan fingerprint density at radius 2 is 1.83 bits per heavy atom. The van der Waals surface area contributed by atoms with Crippen LogP contribution in [-0.4, -0.2) is 77.6 Å². The molecule has 13 heteroatoms. The van der Waals surface area contributed by atoms with Crippen LogP contribution < -0.4 is 5.32 Å². The third kappa shape index (κ3) is 5.09. The third-order valence-electron chi connectivity index (χ3n) is 7.75. The molecule has 1 aliphatic heterocycles.